The van der Waals surface area contributed by atoms with E-state index in [4.69, 9.17) is 4.79 Å². The van der Waals surface area contributed by atoms with Crippen molar-refractivity contribution in [1.82, 2.24) is 0 Å². The van der Waals surface area contributed by atoms with Crippen molar-refractivity contribution in [3.63, 3.8) is 0 Å². The summed E-state index contributed by atoms with van der Waals surface area (Å²) in [7, 11) is 0. The standard InChI is InChI=1S/C4H8.CH4N2O/c1-3-4-2;2-1(3)4/h3-4H,1-2H3;(H4,2,3,4). The van der Waals surface area contributed by atoms with Gasteiger partial charge in [0, 0.05) is 0 Å². The van der Waals surface area contributed by atoms with Crippen molar-refractivity contribution in [3.05, 3.63) is 12.2 Å². The fourth-order valence-electron chi connectivity index (χ4n) is 0. The first-order chi connectivity index (χ1) is 3.65. The number of carbonyl (C=O) groups is 1. The lowest BCUT2D eigenvalue weighted by atomic mass is 10.6. The number of urea groups is 1. The molecule has 0 aromatic heterocycles. The van der Waals surface area contributed by atoms with Crippen LogP contribution < -0.4 is 11.5 Å². The fourth-order valence-corrected chi connectivity index (χ4v) is 0. The molecule has 8 heavy (non-hydrogen) atoms. The van der Waals surface area contributed by atoms with Gasteiger partial charge in [-0.3, -0.25) is 0 Å². The Hall–Kier alpha value is -0.990. The summed E-state index contributed by atoms with van der Waals surface area (Å²) in [5, 5.41) is 0. The molecule has 0 rings (SSSR count). The number of primary amides is 2. The van der Waals surface area contributed by atoms with Crippen LogP contribution in [0.2, 0.25) is 0 Å². The third kappa shape index (κ3) is 806000. The first-order valence-electron chi connectivity index (χ1n) is 2.27. The minimum atomic E-state index is -0.833. The molecule has 0 unspecified atom stereocenters. The number of hydrogen-bond donors (Lipinski definition) is 2. The van der Waals surface area contributed by atoms with Gasteiger partial charge in [-0.15, -0.1) is 0 Å². The smallest absolute Gasteiger partial charge is 0.309 e. The Kier molecular flexibility index (Phi) is 11.8. The molecule has 0 aliphatic rings. The average molecular weight is 116 g/mol. The summed E-state index contributed by atoms with van der Waals surface area (Å²) in [6.07, 6.45) is 4.00. The van der Waals surface area contributed by atoms with E-state index in [2.05, 4.69) is 11.5 Å². The van der Waals surface area contributed by atoms with Crippen LogP contribution in [0, 0.1) is 0 Å². The van der Waals surface area contributed by atoms with E-state index in [-0.39, 0.29) is 0 Å². The lowest BCUT2D eigenvalue weighted by Crippen LogP contribution is -2.18. The van der Waals surface area contributed by atoms with E-state index in [0.717, 1.165) is 0 Å². The topological polar surface area (TPSA) is 69.1 Å². The molecule has 0 aliphatic heterocycles. The molecule has 0 saturated heterocycles. The van der Waals surface area contributed by atoms with E-state index in [1.165, 1.54) is 0 Å². The highest BCUT2D eigenvalue weighted by molar-refractivity contribution is 5.69. The van der Waals surface area contributed by atoms with Gasteiger partial charge >= 0.3 is 6.03 Å². The van der Waals surface area contributed by atoms with Gasteiger partial charge in [-0.1, -0.05) is 12.2 Å². The van der Waals surface area contributed by atoms with Crippen LogP contribution in [0.25, 0.3) is 0 Å². The maximum absolute atomic E-state index is 9.00. The van der Waals surface area contributed by atoms with Crippen LogP contribution in [0.1, 0.15) is 13.8 Å². The first-order valence-corrected chi connectivity index (χ1v) is 2.27. The molecule has 3 heteroatoms. The molecule has 3 nitrogen and oxygen atoms in total. The third-order valence-corrected chi connectivity index (χ3v) is 0.333. The Bertz CT molecular complexity index is 70.5. The van der Waals surface area contributed by atoms with E-state index in [0.29, 0.717) is 0 Å². The largest absolute Gasteiger partial charge is 0.352 e. The maximum atomic E-state index is 9.00. The molecular formula is C5H12N2O. The summed E-state index contributed by atoms with van der Waals surface area (Å²) in [6, 6.07) is -0.833. The van der Waals surface area contributed by atoms with Crippen molar-refractivity contribution < 1.29 is 4.79 Å². The summed E-state index contributed by atoms with van der Waals surface area (Å²) in [5.74, 6) is 0. The van der Waals surface area contributed by atoms with Crippen molar-refractivity contribution >= 4 is 6.03 Å². The van der Waals surface area contributed by atoms with Crippen LogP contribution >= 0.6 is 0 Å². The molecule has 0 radical (unpaired) electrons. The summed E-state index contributed by atoms with van der Waals surface area (Å²) >= 11 is 0. The van der Waals surface area contributed by atoms with Gasteiger partial charge in [0.25, 0.3) is 0 Å². The second-order valence-electron chi connectivity index (χ2n) is 1.07. The number of rotatable bonds is 0. The summed E-state index contributed by atoms with van der Waals surface area (Å²) in [6.45, 7) is 4.00. The zero-order valence-electron chi connectivity index (χ0n) is 5.22. The Balaban J connectivity index is 0. The summed E-state index contributed by atoms with van der Waals surface area (Å²) < 4.78 is 0. The third-order valence-electron chi connectivity index (χ3n) is 0.333. The minimum Gasteiger partial charge on any atom is -0.352 e. The molecule has 0 aromatic rings. The first kappa shape index (κ1) is 10.1. The van der Waals surface area contributed by atoms with Crippen LogP contribution in [0.4, 0.5) is 4.79 Å². The highest BCUT2D eigenvalue weighted by Crippen LogP contribution is 1.57. The number of allylic oxidation sites excluding steroid dienone is 2. The molecule has 0 aliphatic carbocycles. The summed E-state index contributed by atoms with van der Waals surface area (Å²) in [4.78, 5) is 9.00. The highest BCUT2D eigenvalue weighted by atomic mass is 16.2. The lowest BCUT2D eigenvalue weighted by molar-refractivity contribution is 0.256. The van der Waals surface area contributed by atoms with Gasteiger partial charge in [0.1, 0.15) is 0 Å². The molecule has 48 valence electrons. The second-order valence-corrected chi connectivity index (χ2v) is 1.07. The van der Waals surface area contributed by atoms with E-state index >= 15 is 0 Å². The normalized spacial score (nSPS) is 7.75. The zero-order valence-corrected chi connectivity index (χ0v) is 5.22. The molecule has 2 amide bonds. The molecule has 0 saturated carbocycles. The van der Waals surface area contributed by atoms with E-state index < -0.39 is 6.03 Å². The lowest BCUT2D eigenvalue weighted by Gasteiger charge is -1.62. The molecule has 0 atom stereocenters. The van der Waals surface area contributed by atoms with Gasteiger partial charge in [0.2, 0.25) is 0 Å². The summed E-state index contributed by atoms with van der Waals surface area (Å²) in [5.41, 5.74) is 8.50. The number of carbonyl (C=O) groups excluding carboxylic acids is 1. The molecule has 0 heterocycles. The maximum Gasteiger partial charge on any atom is 0.309 e. The van der Waals surface area contributed by atoms with E-state index in [1.54, 1.807) is 0 Å². The van der Waals surface area contributed by atoms with Crippen molar-refractivity contribution in [2.24, 2.45) is 11.5 Å². The quantitative estimate of drug-likeness (QED) is 0.447. The van der Waals surface area contributed by atoms with Crippen LogP contribution in [0.15, 0.2) is 12.2 Å². The highest BCUT2D eigenvalue weighted by Gasteiger charge is 1.60. The van der Waals surface area contributed by atoms with E-state index in [9.17, 15) is 0 Å². The van der Waals surface area contributed by atoms with Gasteiger partial charge in [0.05, 0.1) is 0 Å². The Morgan fingerprint density at radius 1 is 1.25 bits per heavy atom. The number of hydrogen-bond acceptors (Lipinski definition) is 1. The molecule has 0 aromatic carbocycles. The average Bonchev–Trinajstić information content (AvgIpc) is 1.65. The molecule has 4 N–H and O–H groups in total. The van der Waals surface area contributed by atoms with Gasteiger partial charge in [-0.2, -0.15) is 0 Å². The zero-order chi connectivity index (χ0) is 6.99. The van der Waals surface area contributed by atoms with E-state index in [1.807, 2.05) is 26.0 Å². The predicted octanol–water partition coefficient (Wildman–Crippen LogP) is 0.606. The molecule has 0 fully saturated rings. The van der Waals surface area contributed by atoms with Gasteiger partial charge in [0.15, 0.2) is 0 Å². The van der Waals surface area contributed by atoms with Crippen LogP contribution in [0.5, 0.6) is 0 Å². The van der Waals surface area contributed by atoms with Crippen molar-refractivity contribution in [2.45, 2.75) is 13.8 Å². The van der Waals surface area contributed by atoms with Crippen LogP contribution in [-0.2, 0) is 0 Å². The predicted molar refractivity (Wildman–Crippen MR) is 34.3 cm³/mol. The molecular weight excluding hydrogens is 104 g/mol. The number of nitrogens with two attached hydrogens (primary N) is 2. The van der Waals surface area contributed by atoms with Crippen molar-refractivity contribution in [2.75, 3.05) is 0 Å². The van der Waals surface area contributed by atoms with Crippen molar-refractivity contribution in [1.29, 1.82) is 0 Å². The van der Waals surface area contributed by atoms with Gasteiger partial charge < -0.3 is 11.5 Å². The van der Waals surface area contributed by atoms with Crippen LogP contribution in [-0.4, -0.2) is 6.03 Å². The fraction of sp³-hybridized carbons (Fsp3) is 0.400. The monoisotopic (exact) mass is 116 g/mol. The SMILES string of the molecule is CC=CC.NC(N)=O. The Morgan fingerprint density at radius 2 is 1.38 bits per heavy atom. The van der Waals surface area contributed by atoms with Gasteiger partial charge in [-0.25, -0.2) is 4.79 Å². The molecule has 0 spiro atoms. The van der Waals surface area contributed by atoms with Crippen LogP contribution in [0.3, 0.4) is 0 Å². The Labute approximate surface area is 49.4 Å². The second kappa shape index (κ2) is 9.38. The van der Waals surface area contributed by atoms with Gasteiger partial charge in [-0.05, 0) is 13.8 Å². The Morgan fingerprint density at radius 3 is 1.38 bits per heavy atom. The number of amides is 2. The van der Waals surface area contributed by atoms with Crippen molar-refractivity contribution in [3.8, 4) is 0 Å². The molecule has 0 bridgehead atoms. The minimum absolute atomic E-state index is 0.833.